The van der Waals surface area contributed by atoms with Gasteiger partial charge in [-0.25, -0.2) is 10.0 Å². The summed E-state index contributed by atoms with van der Waals surface area (Å²) in [7, 11) is 0. The number of hydrogen-bond donors (Lipinski definition) is 0. The van der Waals surface area contributed by atoms with E-state index in [1.165, 1.54) is 5.01 Å². The maximum absolute atomic E-state index is 12.1. The number of carbonyl (C=O) groups excluding carboxylic acids is 2. The molecule has 1 saturated heterocycles. The molecule has 0 atom stereocenters. The van der Waals surface area contributed by atoms with Crippen LogP contribution in [0.25, 0.3) is 0 Å². The highest BCUT2D eigenvalue weighted by Crippen LogP contribution is 2.24. The Morgan fingerprint density at radius 1 is 0.941 bits per heavy atom. The zero-order chi connectivity index (χ0) is 11.8. The van der Waals surface area contributed by atoms with Gasteiger partial charge in [0.1, 0.15) is 0 Å². The number of rotatable bonds is 1. The summed E-state index contributed by atoms with van der Waals surface area (Å²) in [5.41, 5.74) is 0.980. The molecule has 17 heavy (non-hydrogen) atoms. The van der Waals surface area contributed by atoms with E-state index in [0.717, 1.165) is 0 Å². The van der Waals surface area contributed by atoms with Crippen LogP contribution in [0.5, 0.6) is 0 Å². The van der Waals surface area contributed by atoms with Crippen molar-refractivity contribution in [2.24, 2.45) is 0 Å². The van der Waals surface area contributed by atoms with Gasteiger partial charge >= 0.3 is 0 Å². The fraction of sp³-hybridized carbons (Fsp3) is 0.333. The van der Waals surface area contributed by atoms with Crippen molar-refractivity contribution in [1.29, 1.82) is 0 Å². The molecule has 2 heterocycles. The van der Waals surface area contributed by atoms with Crippen LogP contribution >= 0.6 is 0 Å². The van der Waals surface area contributed by atoms with Crippen molar-refractivity contribution in [3.8, 4) is 0 Å². The number of hydrogen-bond acceptors (Lipinski definition) is 4. The number of ether oxygens (including phenoxy) is 1. The van der Waals surface area contributed by atoms with E-state index in [4.69, 9.17) is 4.74 Å². The molecule has 2 aliphatic rings. The van der Waals surface area contributed by atoms with Gasteiger partial charge in [0.2, 0.25) is 0 Å². The zero-order valence-electron chi connectivity index (χ0n) is 9.26. The smallest absolute Gasteiger partial charge is 0.276 e. The Labute approximate surface area is 98.5 Å². The van der Waals surface area contributed by atoms with Gasteiger partial charge in [-0.2, -0.15) is 0 Å². The quantitative estimate of drug-likeness (QED) is 0.663. The first kappa shape index (κ1) is 10.4. The van der Waals surface area contributed by atoms with Crippen LogP contribution < -0.4 is 0 Å². The van der Waals surface area contributed by atoms with E-state index in [-0.39, 0.29) is 11.8 Å². The summed E-state index contributed by atoms with van der Waals surface area (Å²) < 4.78 is 5.22. The normalized spacial score (nSPS) is 20.8. The first-order valence-electron chi connectivity index (χ1n) is 5.59. The van der Waals surface area contributed by atoms with E-state index >= 15 is 0 Å². The summed E-state index contributed by atoms with van der Waals surface area (Å²) in [5.74, 6) is -0.458. The minimum absolute atomic E-state index is 0.229. The summed E-state index contributed by atoms with van der Waals surface area (Å²) in [6, 6.07) is 6.92. The number of nitrogens with zero attached hydrogens (tertiary/aromatic N) is 2. The third-order valence-electron chi connectivity index (χ3n) is 3.04. The van der Waals surface area contributed by atoms with Gasteiger partial charge in [0, 0.05) is 13.1 Å². The summed E-state index contributed by atoms with van der Waals surface area (Å²) >= 11 is 0. The van der Waals surface area contributed by atoms with Gasteiger partial charge in [-0.3, -0.25) is 9.59 Å². The summed E-state index contributed by atoms with van der Waals surface area (Å²) in [6.45, 7) is 2.25. The predicted molar refractivity (Wildman–Crippen MR) is 59.3 cm³/mol. The molecule has 88 valence electrons. The van der Waals surface area contributed by atoms with Crippen molar-refractivity contribution in [1.82, 2.24) is 10.0 Å². The van der Waals surface area contributed by atoms with Crippen molar-refractivity contribution < 1.29 is 14.3 Å². The van der Waals surface area contributed by atoms with Crippen LogP contribution in [0, 0.1) is 0 Å². The molecule has 1 aromatic carbocycles. The lowest BCUT2D eigenvalue weighted by molar-refractivity contribution is -0.0524. The average molecular weight is 232 g/mol. The van der Waals surface area contributed by atoms with E-state index in [1.807, 2.05) is 0 Å². The highest BCUT2D eigenvalue weighted by Gasteiger charge is 2.39. The van der Waals surface area contributed by atoms with Gasteiger partial charge in [0.05, 0.1) is 24.3 Å². The molecule has 2 aliphatic heterocycles. The van der Waals surface area contributed by atoms with Gasteiger partial charge in [-0.05, 0) is 12.1 Å². The van der Waals surface area contributed by atoms with E-state index in [2.05, 4.69) is 0 Å². The number of carbonyl (C=O) groups is 2. The highest BCUT2D eigenvalue weighted by atomic mass is 16.5. The standard InChI is InChI=1S/C12H12N2O3/c15-11-9-3-1-2-4-10(9)12(16)14(11)13-5-7-17-8-6-13/h1-4H,5-8H2. The Hall–Kier alpha value is -1.72. The fourth-order valence-electron chi connectivity index (χ4n) is 2.19. The first-order valence-corrected chi connectivity index (χ1v) is 5.59. The van der Waals surface area contributed by atoms with Gasteiger partial charge in [-0.1, -0.05) is 12.1 Å². The second kappa shape index (κ2) is 3.94. The molecule has 0 saturated carbocycles. The zero-order valence-corrected chi connectivity index (χ0v) is 9.26. The van der Waals surface area contributed by atoms with Crippen molar-refractivity contribution in [2.45, 2.75) is 0 Å². The Bertz CT molecular complexity index is 445. The molecule has 1 fully saturated rings. The Morgan fingerprint density at radius 2 is 1.47 bits per heavy atom. The SMILES string of the molecule is O=C1c2ccccc2C(=O)N1N1CCOCC1. The maximum atomic E-state index is 12.1. The van der Waals surface area contributed by atoms with Crippen LogP contribution in [0.3, 0.4) is 0 Å². The van der Waals surface area contributed by atoms with E-state index in [9.17, 15) is 9.59 Å². The molecule has 0 aliphatic carbocycles. The van der Waals surface area contributed by atoms with Crippen LogP contribution in [-0.4, -0.2) is 48.1 Å². The lowest BCUT2D eigenvalue weighted by Gasteiger charge is -2.32. The molecule has 2 amide bonds. The number of hydrazine groups is 1. The van der Waals surface area contributed by atoms with Crippen molar-refractivity contribution in [3.05, 3.63) is 35.4 Å². The Morgan fingerprint density at radius 3 is 2.00 bits per heavy atom. The molecule has 5 heteroatoms. The molecule has 0 aromatic heterocycles. The molecular weight excluding hydrogens is 220 g/mol. The minimum atomic E-state index is -0.229. The van der Waals surface area contributed by atoms with E-state index in [1.54, 1.807) is 29.3 Å². The number of morpholine rings is 1. The fourth-order valence-corrected chi connectivity index (χ4v) is 2.19. The van der Waals surface area contributed by atoms with Crippen LogP contribution in [0.1, 0.15) is 20.7 Å². The molecule has 0 N–H and O–H groups in total. The van der Waals surface area contributed by atoms with Crippen molar-refractivity contribution in [3.63, 3.8) is 0 Å². The Kier molecular flexibility index (Phi) is 2.42. The van der Waals surface area contributed by atoms with Crippen molar-refractivity contribution >= 4 is 11.8 Å². The van der Waals surface area contributed by atoms with Gasteiger partial charge in [-0.15, -0.1) is 0 Å². The molecule has 1 aromatic rings. The van der Waals surface area contributed by atoms with Crippen LogP contribution in [0.15, 0.2) is 24.3 Å². The predicted octanol–water partition coefficient (Wildman–Crippen LogP) is 0.530. The summed E-state index contributed by atoms with van der Waals surface area (Å²) in [6.07, 6.45) is 0. The third kappa shape index (κ3) is 1.55. The molecule has 0 radical (unpaired) electrons. The van der Waals surface area contributed by atoms with E-state index in [0.29, 0.717) is 37.4 Å². The molecule has 0 bridgehead atoms. The Balaban J connectivity index is 1.94. The molecule has 3 rings (SSSR count). The van der Waals surface area contributed by atoms with Crippen molar-refractivity contribution in [2.75, 3.05) is 26.3 Å². The van der Waals surface area contributed by atoms with Crippen LogP contribution in [-0.2, 0) is 4.74 Å². The number of imide groups is 1. The van der Waals surface area contributed by atoms with E-state index < -0.39 is 0 Å². The largest absolute Gasteiger partial charge is 0.379 e. The van der Waals surface area contributed by atoms with Gasteiger partial charge < -0.3 is 4.74 Å². The average Bonchev–Trinajstić information content (AvgIpc) is 2.64. The van der Waals surface area contributed by atoms with Crippen LogP contribution in [0.2, 0.25) is 0 Å². The lowest BCUT2D eigenvalue weighted by atomic mass is 10.1. The second-order valence-corrected chi connectivity index (χ2v) is 4.03. The minimum Gasteiger partial charge on any atom is -0.379 e. The number of benzene rings is 1. The second-order valence-electron chi connectivity index (χ2n) is 4.03. The van der Waals surface area contributed by atoms with Gasteiger partial charge in [0.15, 0.2) is 0 Å². The molecule has 0 unspecified atom stereocenters. The topological polar surface area (TPSA) is 49.9 Å². The summed E-state index contributed by atoms with van der Waals surface area (Å²) in [5, 5.41) is 3.00. The lowest BCUT2D eigenvalue weighted by Crippen LogP contribution is -2.51. The maximum Gasteiger partial charge on any atom is 0.276 e. The molecule has 5 nitrogen and oxygen atoms in total. The summed E-state index contributed by atoms with van der Waals surface area (Å²) in [4.78, 5) is 24.3. The molecular formula is C12H12N2O3. The highest BCUT2D eigenvalue weighted by molar-refractivity contribution is 6.20. The molecule has 0 spiro atoms. The third-order valence-corrected chi connectivity index (χ3v) is 3.04. The first-order chi connectivity index (χ1) is 8.29. The van der Waals surface area contributed by atoms with Gasteiger partial charge in [0.25, 0.3) is 11.8 Å². The number of amides is 2. The monoisotopic (exact) mass is 232 g/mol. The van der Waals surface area contributed by atoms with Crippen LogP contribution in [0.4, 0.5) is 0 Å². The number of fused-ring (bicyclic) bond motifs is 1.